The second-order valence-electron chi connectivity index (χ2n) is 8.15. The summed E-state index contributed by atoms with van der Waals surface area (Å²) < 4.78 is 25.4. The first-order chi connectivity index (χ1) is 18.2. The number of thiazole rings is 1. The van der Waals surface area contributed by atoms with Gasteiger partial charge in [-0.25, -0.2) is 9.79 Å². The predicted molar refractivity (Wildman–Crippen MR) is 153 cm³/mol. The fourth-order valence-electron chi connectivity index (χ4n) is 4.20. The first-order valence-corrected chi connectivity index (χ1v) is 14.2. The third-order valence-electron chi connectivity index (χ3n) is 5.87. The van der Waals surface area contributed by atoms with Crippen LogP contribution in [0.15, 0.2) is 60.3 Å². The van der Waals surface area contributed by atoms with Gasteiger partial charge in [-0.05, 0) is 78.2 Å². The Hall–Kier alpha value is -2.89. The summed E-state index contributed by atoms with van der Waals surface area (Å²) in [4.78, 5) is 32.2. The van der Waals surface area contributed by atoms with Crippen molar-refractivity contribution >= 4 is 55.2 Å². The van der Waals surface area contributed by atoms with Crippen LogP contribution in [0.4, 0.5) is 0 Å². The van der Waals surface area contributed by atoms with Crippen LogP contribution in [0.1, 0.15) is 37.9 Å². The molecule has 0 bridgehead atoms. The minimum Gasteiger partial charge on any atom is -0.496 e. The molecule has 0 amide bonds. The molecule has 2 heterocycles. The van der Waals surface area contributed by atoms with Crippen molar-refractivity contribution in [3.63, 3.8) is 0 Å². The molecule has 0 saturated heterocycles. The predicted octanol–water partition coefficient (Wildman–Crippen LogP) is 4.74. The molecule has 0 aliphatic carbocycles. The van der Waals surface area contributed by atoms with E-state index < -0.39 is 12.0 Å². The quantitative estimate of drug-likeness (QED) is 0.323. The SMILES string of the molecule is CCOC(=O)C1=C(C)N=c2s/c(=C/c3ccc(OC)c(Br)c3)c(=O)n2[C@@H]1c1cc(OC)c(OCC)cc1Br. The second-order valence-corrected chi connectivity index (χ2v) is 10.9. The molecule has 0 unspecified atom stereocenters. The maximum absolute atomic E-state index is 13.9. The Bertz CT molecular complexity index is 1610. The van der Waals surface area contributed by atoms with Gasteiger partial charge >= 0.3 is 5.97 Å². The first-order valence-electron chi connectivity index (χ1n) is 11.8. The molecule has 4 rings (SSSR count). The van der Waals surface area contributed by atoms with E-state index in [-0.39, 0.29) is 17.7 Å². The Morgan fingerprint density at radius 1 is 1.05 bits per heavy atom. The normalized spacial score (nSPS) is 15.1. The molecule has 0 radical (unpaired) electrons. The Kier molecular flexibility index (Phi) is 8.79. The number of benzene rings is 2. The van der Waals surface area contributed by atoms with Crippen molar-refractivity contribution in [3.05, 3.63) is 81.4 Å². The van der Waals surface area contributed by atoms with Gasteiger partial charge in [0.2, 0.25) is 0 Å². The zero-order chi connectivity index (χ0) is 27.6. The van der Waals surface area contributed by atoms with Gasteiger partial charge in [0.1, 0.15) is 5.75 Å². The van der Waals surface area contributed by atoms with E-state index in [1.54, 1.807) is 46.3 Å². The minimum absolute atomic E-state index is 0.187. The molecule has 0 saturated carbocycles. The van der Waals surface area contributed by atoms with E-state index in [4.69, 9.17) is 18.9 Å². The Morgan fingerprint density at radius 3 is 2.42 bits per heavy atom. The highest BCUT2D eigenvalue weighted by Crippen LogP contribution is 2.41. The number of hydrogen-bond acceptors (Lipinski definition) is 8. The lowest BCUT2D eigenvalue weighted by atomic mass is 9.95. The number of carbonyl (C=O) groups excluding carboxylic acids is 1. The van der Waals surface area contributed by atoms with Crippen molar-refractivity contribution in [2.75, 3.05) is 27.4 Å². The lowest BCUT2D eigenvalue weighted by molar-refractivity contribution is -0.139. The van der Waals surface area contributed by atoms with Crippen LogP contribution < -0.4 is 29.1 Å². The highest BCUT2D eigenvalue weighted by atomic mass is 79.9. The zero-order valence-corrected chi connectivity index (χ0v) is 25.5. The van der Waals surface area contributed by atoms with Crippen LogP contribution >= 0.6 is 43.2 Å². The van der Waals surface area contributed by atoms with Gasteiger partial charge in [-0.2, -0.15) is 0 Å². The van der Waals surface area contributed by atoms with Crippen molar-refractivity contribution in [1.82, 2.24) is 4.57 Å². The number of methoxy groups -OCH3 is 2. The number of ether oxygens (including phenoxy) is 4. The van der Waals surface area contributed by atoms with Crippen molar-refractivity contribution in [3.8, 4) is 17.2 Å². The van der Waals surface area contributed by atoms with Gasteiger partial charge in [-0.15, -0.1) is 0 Å². The number of nitrogens with zero attached hydrogens (tertiary/aromatic N) is 2. The van der Waals surface area contributed by atoms with Crippen molar-refractivity contribution in [2.24, 2.45) is 4.99 Å². The van der Waals surface area contributed by atoms with Crippen LogP contribution in [-0.2, 0) is 9.53 Å². The van der Waals surface area contributed by atoms with E-state index in [9.17, 15) is 9.59 Å². The molecule has 38 heavy (non-hydrogen) atoms. The summed E-state index contributed by atoms with van der Waals surface area (Å²) in [5, 5.41) is 0. The molecule has 1 aliphatic rings. The largest absolute Gasteiger partial charge is 0.496 e. The van der Waals surface area contributed by atoms with Gasteiger partial charge < -0.3 is 18.9 Å². The molecule has 0 fully saturated rings. The first kappa shape index (κ1) is 28.1. The molecular formula is C27H26Br2N2O6S. The van der Waals surface area contributed by atoms with Gasteiger partial charge in [0, 0.05) is 4.47 Å². The number of hydrogen-bond donors (Lipinski definition) is 0. The summed E-state index contributed by atoms with van der Waals surface area (Å²) in [6, 6.07) is 8.31. The van der Waals surface area contributed by atoms with Crippen LogP contribution in [0.25, 0.3) is 6.08 Å². The lowest BCUT2D eigenvalue weighted by Gasteiger charge is -2.26. The Balaban J connectivity index is 1.98. The molecular weight excluding hydrogens is 640 g/mol. The molecule has 11 heteroatoms. The summed E-state index contributed by atoms with van der Waals surface area (Å²) in [7, 11) is 3.14. The van der Waals surface area contributed by atoms with Gasteiger partial charge in [0.25, 0.3) is 5.56 Å². The monoisotopic (exact) mass is 664 g/mol. The lowest BCUT2D eigenvalue weighted by Crippen LogP contribution is -2.40. The number of rotatable bonds is 8. The van der Waals surface area contributed by atoms with Gasteiger partial charge in [0.05, 0.1) is 53.8 Å². The number of aromatic nitrogens is 1. The van der Waals surface area contributed by atoms with E-state index in [0.29, 0.717) is 48.9 Å². The number of fused-ring (bicyclic) bond motifs is 1. The van der Waals surface area contributed by atoms with Gasteiger partial charge in [0.15, 0.2) is 16.3 Å². The van der Waals surface area contributed by atoms with E-state index in [1.165, 1.54) is 15.9 Å². The molecule has 200 valence electrons. The molecule has 1 aliphatic heterocycles. The maximum atomic E-state index is 13.9. The molecule has 2 aromatic carbocycles. The third-order valence-corrected chi connectivity index (χ3v) is 8.16. The Labute approximate surface area is 240 Å². The number of allylic oxidation sites excluding steroid dienone is 1. The fraction of sp³-hybridized carbons (Fsp3) is 0.296. The van der Waals surface area contributed by atoms with E-state index in [2.05, 4.69) is 36.9 Å². The topological polar surface area (TPSA) is 88.4 Å². The molecule has 0 spiro atoms. The fourth-order valence-corrected chi connectivity index (χ4v) is 6.34. The summed E-state index contributed by atoms with van der Waals surface area (Å²) in [5.41, 5.74) is 1.94. The van der Waals surface area contributed by atoms with Gasteiger partial charge in [-0.3, -0.25) is 9.36 Å². The van der Waals surface area contributed by atoms with Crippen LogP contribution in [0, 0.1) is 0 Å². The maximum Gasteiger partial charge on any atom is 0.338 e. The van der Waals surface area contributed by atoms with Crippen LogP contribution in [0.3, 0.4) is 0 Å². The number of halogens is 2. The molecule has 8 nitrogen and oxygen atoms in total. The summed E-state index contributed by atoms with van der Waals surface area (Å²) >= 11 is 8.38. The van der Waals surface area contributed by atoms with Gasteiger partial charge in [-0.1, -0.05) is 33.3 Å². The number of carbonyl (C=O) groups is 1. The van der Waals surface area contributed by atoms with E-state index in [0.717, 1.165) is 10.0 Å². The molecule has 0 N–H and O–H groups in total. The Morgan fingerprint density at radius 2 is 1.79 bits per heavy atom. The zero-order valence-electron chi connectivity index (χ0n) is 21.5. The highest BCUT2D eigenvalue weighted by molar-refractivity contribution is 9.10. The highest BCUT2D eigenvalue weighted by Gasteiger charge is 2.35. The van der Waals surface area contributed by atoms with Crippen molar-refractivity contribution < 1.29 is 23.7 Å². The average molecular weight is 666 g/mol. The standard InChI is InChI=1S/C27H26Br2N2O6S/c1-6-36-21-13-17(28)16(12-20(21)35-5)24-23(26(33)37-7-2)14(3)30-27-31(24)25(32)22(38-27)11-15-8-9-19(34-4)18(29)10-15/h8-13,24H,6-7H2,1-5H3/b22-11+/t24-/m1/s1. The van der Waals surface area contributed by atoms with Crippen LogP contribution in [0.5, 0.6) is 17.2 Å². The van der Waals surface area contributed by atoms with E-state index in [1.807, 2.05) is 25.1 Å². The third kappa shape index (κ3) is 5.32. The smallest absolute Gasteiger partial charge is 0.338 e. The summed E-state index contributed by atoms with van der Waals surface area (Å²) in [6.07, 6.45) is 1.79. The molecule has 3 aromatic rings. The van der Waals surface area contributed by atoms with Crippen molar-refractivity contribution in [1.29, 1.82) is 0 Å². The second kappa shape index (κ2) is 11.9. The van der Waals surface area contributed by atoms with E-state index >= 15 is 0 Å². The number of esters is 1. The summed E-state index contributed by atoms with van der Waals surface area (Å²) in [5.74, 6) is 1.18. The van der Waals surface area contributed by atoms with Crippen LogP contribution in [-0.4, -0.2) is 38.0 Å². The average Bonchev–Trinajstić information content (AvgIpc) is 3.18. The summed E-state index contributed by atoms with van der Waals surface area (Å²) in [6.45, 7) is 6.00. The van der Waals surface area contributed by atoms with Crippen LogP contribution in [0.2, 0.25) is 0 Å². The van der Waals surface area contributed by atoms with Crippen molar-refractivity contribution in [2.45, 2.75) is 26.8 Å². The minimum atomic E-state index is -0.797. The molecule has 1 atom stereocenters. The molecule has 1 aromatic heterocycles.